The molecular formula is C22H28Cl3F2N3O. The molecule has 1 aromatic carbocycles. The van der Waals surface area contributed by atoms with Gasteiger partial charge in [0.1, 0.15) is 11.5 Å². The molecule has 1 saturated heterocycles. The Kier molecular flexibility index (Phi) is 11.3. The third kappa shape index (κ3) is 7.08. The predicted octanol–water partition coefficient (Wildman–Crippen LogP) is 4.27. The zero-order valence-electron chi connectivity index (χ0n) is 17.0. The molecule has 172 valence electrons. The molecule has 3 atom stereocenters. The molecule has 1 aliphatic heterocycles. The Morgan fingerprint density at radius 1 is 1.13 bits per heavy atom. The first-order chi connectivity index (χ1) is 13.6. The van der Waals surface area contributed by atoms with Crippen molar-refractivity contribution < 1.29 is 13.2 Å². The number of nitrogens with zero attached hydrogens (tertiary/aromatic N) is 1. The standard InChI is InChI=1S/C22H25F2N3O.3ClH/c1-2-9-27(16-7-8-25-12-16)14-18-5-4-17(28-18)13-26-22-11-19(22)15-3-6-20(23)21(24)10-15;;;/h1,3-6,10,16,19,22,25-26H,7-9,11-14H2;3*1H/t16?,19-,22+;;;/m0.../s1. The normalized spacial score (nSPS) is 21.5. The summed E-state index contributed by atoms with van der Waals surface area (Å²) in [5.74, 6) is 3.16. The summed E-state index contributed by atoms with van der Waals surface area (Å²) in [6.07, 6.45) is 7.55. The molecule has 1 unspecified atom stereocenters. The number of benzene rings is 1. The van der Waals surface area contributed by atoms with Gasteiger partial charge in [0.15, 0.2) is 11.6 Å². The van der Waals surface area contributed by atoms with Crippen LogP contribution in [0, 0.1) is 24.0 Å². The van der Waals surface area contributed by atoms with E-state index in [1.54, 1.807) is 6.07 Å². The Bertz CT molecular complexity index is 868. The predicted molar refractivity (Wildman–Crippen MR) is 125 cm³/mol. The van der Waals surface area contributed by atoms with Gasteiger partial charge in [-0.2, -0.15) is 0 Å². The summed E-state index contributed by atoms with van der Waals surface area (Å²) in [6.45, 7) is 3.92. The quantitative estimate of drug-likeness (QED) is 0.538. The summed E-state index contributed by atoms with van der Waals surface area (Å²) in [6, 6.07) is 8.85. The molecule has 4 rings (SSSR count). The first kappa shape index (κ1) is 27.7. The molecule has 2 fully saturated rings. The van der Waals surface area contributed by atoms with Crippen molar-refractivity contribution in [3.05, 3.63) is 59.1 Å². The Morgan fingerprint density at radius 3 is 2.58 bits per heavy atom. The molecule has 0 bridgehead atoms. The fraction of sp³-hybridized carbons (Fsp3) is 0.455. The Morgan fingerprint density at radius 2 is 1.90 bits per heavy atom. The summed E-state index contributed by atoms with van der Waals surface area (Å²) in [7, 11) is 0. The van der Waals surface area contributed by atoms with Gasteiger partial charge in [-0.1, -0.05) is 12.0 Å². The highest BCUT2D eigenvalue weighted by Crippen LogP contribution is 2.41. The van der Waals surface area contributed by atoms with Crippen molar-refractivity contribution in [1.29, 1.82) is 0 Å². The van der Waals surface area contributed by atoms with Crippen molar-refractivity contribution in [3.63, 3.8) is 0 Å². The van der Waals surface area contributed by atoms with Crippen LogP contribution in [0.2, 0.25) is 0 Å². The van der Waals surface area contributed by atoms with Gasteiger partial charge >= 0.3 is 0 Å². The number of terminal acetylenes is 1. The van der Waals surface area contributed by atoms with Crippen LogP contribution in [0.5, 0.6) is 0 Å². The van der Waals surface area contributed by atoms with Gasteiger partial charge in [-0.15, -0.1) is 43.6 Å². The van der Waals surface area contributed by atoms with Gasteiger partial charge in [-0.05, 0) is 49.2 Å². The lowest BCUT2D eigenvalue weighted by Crippen LogP contribution is -2.36. The average Bonchev–Trinajstić information content (AvgIpc) is 3.07. The van der Waals surface area contributed by atoms with Crippen LogP contribution >= 0.6 is 37.2 Å². The summed E-state index contributed by atoms with van der Waals surface area (Å²) in [5.41, 5.74) is 0.839. The minimum Gasteiger partial charge on any atom is -0.463 e. The molecule has 0 amide bonds. The van der Waals surface area contributed by atoms with E-state index < -0.39 is 11.6 Å². The molecule has 2 aliphatic rings. The molecule has 4 nitrogen and oxygen atoms in total. The van der Waals surface area contributed by atoms with E-state index in [1.165, 1.54) is 12.1 Å². The van der Waals surface area contributed by atoms with E-state index in [4.69, 9.17) is 10.8 Å². The van der Waals surface area contributed by atoms with Gasteiger partial charge in [0.05, 0.1) is 19.6 Å². The number of hydrogen-bond donors (Lipinski definition) is 2. The van der Waals surface area contributed by atoms with Crippen LogP contribution in [0.1, 0.15) is 35.8 Å². The summed E-state index contributed by atoms with van der Waals surface area (Å²) >= 11 is 0. The monoisotopic (exact) mass is 493 g/mol. The molecule has 1 aromatic heterocycles. The summed E-state index contributed by atoms with van der Waals surface area (Å²) < 4.78 is 32.4. The Labute approximate surface area is 200 Å². The van der Waals surface area contributed by atoms with E-state index in [-0.39, 0.29) is 49.2 Å². The second-order valence-electron chi connectivity index (χ2n) is 7.63. The smallest absolute Gasteiger partial charge is 0.159 e. The van der Waals surface area contributed by atoms with Gasteiger partial charge < -0.3 is 15.1 Å². The number of furan rings is 1. The van der Waals surface area contributed by atoms with Crippen LogP contribution in [0.15, 0.2) is 34.7 Å². The summed E-state index contributed by atoms with van der Waals surface area (Å²) in [5, 5.41) is 6.81. The highest BCUT2D eigenvalue weighted by molar-refractivity contribution is 5.86. The van der Waals surface area contributed by atoms with Crippen LogP contribution in [0.4, 0.5) is 8.78 Å². The molecule has 0 radical (unpaired) electrons. The molecule has 1 aliphatic carbocycles. The van der Waals surface area contributed by atoms with Gasteiger partial charge in [0.25, 0.3) is 0 Å². The minimum absolute atomic E-state index is 0. The van der Waals surface area contributed by atoms with E-state index >= 15 is 0 Å². The van der Waals surface area contributed by atoms with Crippen LogP contribution in [-0.4, -0.2) is 36.6 Å². The van der Waals surface area contributed by atoms with Crippen molar-refractivity contribution >= 4 is 37.2 Å². The molecular weight excluding hydrogens is 467 g/mol. The first-order valence-corrected chi connectivity index (χ1v) is 9.78. The fourth-order valence-electron chi connectivity index (χ4n) is 3.95. The maximum atomic E-state index is 13.4. The van der Waals surface area contributed by atoms with Gasteiger partial charge in [-0.25, -0.2) is 8.78 Å². The first-order valence-electron chi connectivity index (χ1n) is 9.78. The van der Waals surface area contributed by atoms with E-state index in [1.807, 2.05) is 12.1 Å². The third-order valence-corrected chi connectivity index (χ3v) is 5.62. The highest BCUT2D eigenvalue weighted by atomic mass is 35.5. The van der Waals surface area contributed by atoms with Gasteiger partial charge in [-0.3, -0.25) is 4.90 Å². The van der Waals surface area contributed by atoms with Crippen molar-refractivity contribution in [2.24, 2.45) is 0 Å². The molecule has 1 saturated carbocycles. The maximum Gasteiger partial charge on any atom is 0.159 e. The number of nitrogens with one attached hydrogen (secondary N) is 2. The van der Waals surface area contributed by atoms with Gasteiger partial charge in [0.2, 0.25) is 0 Å². The Balaban J connectivity index is 0.00000160. The lowest BCUT2D eigenvalue weighted by Gasteiger charge is -2.25. The molecule has 2 heterocycles. The summed E-state index contributed by atoms with van der Waals surface area (Å²) in [4.78, 5) is 2.27. The van der Waals surface area contributed by atoms with Crippen molar-refractivity contribution in [2.75, 3.05) is 19.6 Å². The molecule has 0 spiro atoms. The van der Waals surface area contributed by atoms with Crippen LogP contribution < -0.4 is 10.6 Å². The number of hydrogen-bond acceptors (Lipinski definition) is 4. The molecule has 9 heteroatoms. The van der Waals surface area contributed by atoms with Crippen molar-refractivity contribution in [2.45, 2.75) is 43.9 Å². The average molecular weight is 495 g/mol. The largest absolute Gasteiger partial charge is 0.463 e. The highest BCUT2D eigenvalue weighted by Gasteiger charge is 2.38. The zero-order valence-corrected chi connectivity index (χ0v) is 19.4. The van der Waals surface area contributed by atoms with E-state index in [0.29, 0.717) is 25.7 Å². The zero-order chi connectivity index (χ0) is 19.5. The van der Waals surface area contributed by atoms with Crippen molar-refractivity contribution in [1.82, 2.24) is 15.5 Å². The van der Waals surface area contributed by atoms with Crippen LogP contribution in [0.25, 0.3) is 0 Å². The molecule has 2 aromatic rings. The Hall–Kier alpha value is -1.33. The van der Waals surface area contributed by atoms with Crippen molar-refractivity contribution in [3.8, 4) is 12.3 Å². The van der Waals surface area contributed by atoms with E-state index in [0.717, 1.165) is 43.0 Å². The van der Waals surface area contributed by atoms with E-state index in [9.17, 15) is 8.78 Å². The van der Waals surface area contributed by atoms with Crippen LogP contribution in [-0.2, 0) is 13.1 Å². The lowest BCUT2D eigenvalue weighted by molar-refractivity contribution is 0.206. The second-order valence-corrected chi connectivity index (χ2v) is 7.63. The number of rotatable bonds is 8. The molecule has 31 heavy (non-hydrogen) atoms. The molecule has 2 N–H and O–H groups in total. The second kappa shape index (κ2) is 12.6. The van der Waals surface area contributed by atoms with Gasteiger partial charge in [0, 0.05) is 24.5 Å². The minimum atomic E-state index is -0.802. The topological polar surface area (TPSA) is 40.4 Å². The van der Waals surface area contributed by atoms with Crippen LogP contribution in [0.3, 0.4) is 0 Å². The number of halogens is 5. The van der Waals surface area contributed by atoms with E-state index in [2.05, 4.69) is 21.5 Å². The SMILES string of the molecule is C#CCN(Cc1ccc(CN[C@@H]2C[C@H]2c2ccc(F)c(F)c2)o1)C1CCNC1.Cl.Cl.Cl. The third-order valence-electron chi connectivity index (χ3n) is 5.62. The lowest BCUT2D eigenvalue weighted by atomic mass is 10.1. The fourth-order valence-corrected chi connectivity index (χ4v) is 3.95. The maximum absolute atomic E-state index is 13.4.